The van der Waals surface area contributed by atoms with Crippen LogP contribution in [-0.4, -0.2) is 36.2 Å². The Labute approximate surface area is 97.9 Å². The van der Waals surface area contributed by atoms with E-state index in [4.69, 9.17) is 10.8 Å². The average molecular weight is 241 g/mol. The van der Waals surface area contributed by atoms with Crippen LogP contribution >= 0.6 is 11.3 Å². The fourth-order valence-electron chi connectivity index (χ4n) is 1.78. The Hall–Kier alpha value is -1.14. The molecule has 1 unspecified atom stereocenters. The van der Waals surface area contributed by atoms with Gasteiger partial charge in [-0.25, -0.2) is 4.98 Å². The van der Waals surface area contributed by atoms with Gasteiger partial charge in [0.2, 0.25) is 0 Å². The number of aromatic nitrogens is 1. The summed E-state index contributed by atoms with van der Waals surface area (Å²) in [6, 6.07) is -0.817. The van der Waals surface area contributed by atoms with Crippen molar-refractivity contribution in [2.45, 2.75) is 24.3 Å². The second-order valence-electron chi connectivity index (χ2n) is 4.37. The molecule has 1 saturated carbocycles. The zero-order valence-corrected chi connectivity index (χ0v) is 10.1. The third-order valence-electron chi connectivity index (χ3n) is 3.02. The molecule has 1 fully saturated rings. The van der Waals surface area contributed by atoms with Crippen molar-refractivity contribution in [2.75, 3.05) is 19.0 Å². The van der Waals surface area contributed by atoms with Crippen molar-refractivity contribution in [2.24, 2.45) is 5.73 Å². The number of rotatable bonds is 4. The highest BCUT2D eigenvalue weighted by molar-refractivity contribution is 7.15. The fourth-order valence-corrected chi connectivity index (χ4v) is 2.91. The predicted octanol–water partition coefficient (Wildman–Crippen LogP) is 0.653. The molecule has 16 heavy (non-hydrogen) atoms. The highest BCUT2D eigenvalue weighted by atomic mass is 32.1. The third kappa shape index (κ3) is 1.68. The number of hydrogen-bond donors (Lipinski definition) is 2. The van der Waals surface area contributed by atoms with Crippen molar-refractivity contribution in [3.63, 3.8) is 0 Å². The number of carboxylic acids is 1. The molecule has 1 aromatic heterocycles. The molecule has 0 aliphatic heterocycles. The molecule has 0 bridgehead atoms. The van der Waals surface area contributed by atoms with Crippen LogP contribution in [0.15, 0.2) is 6.20 Å². The molecule has 0 saturated heterocycles. The summed E-state index contributed by atoms with van der Waals surface area (Å²) >= 11 is 1.53. The van der Waals surface area contributed by atoms with Gasteiger partial charge in [0.05, 0.1) is 0 Å². The van der Waals surface area contributed by atoms with E-state index in [0.29, 0.717) is 0 Å². The molecule has 1 heterocycles. The van der Waals surface area contributed by atoms with E-state index < -0.39 is 12.0 Å². The lowest BCUT2D eigenvalue weighted by molar-refractivity contribution is -0.139. The van der Waals surface area contributed by atoms with Gasteiger partial charge >= 0.3 is 5.97 Å². The molecule has 3 N–H and O–H groups in total. The molecule has 6 heteroatoms. The first-order valence-corrected chi connectivity index (χ1v) is 5.91. The van der Waals surface area contributed by atoms with Gasteiger partial charge in [-0.05, 0) is 12.8 Å². The lowest BCUT2D eigenvalue weighted by atomic mass is 9.96. The van der Waals surface area contributed by atoms with Gasteiger partial charge in [-0.2, -0.15) is 0 Å². The topological polar surface area (TPSA) is 79.5 Å². The van der Waals surface area contributed by atoms with E-state index in [1.165, 1.54) is 11.3 Å². The molecule has 1 atom stereocenters. The Morgan fingerprint density at radius 2 is 2.31 bits per heavy atom. The summed E-state index contributed by atoms with van der Waals surface area (Å²) < 4.78 is 0. The molecule has 1 aliphatic rings. The zero-order chi connectivity index (χ0) is 11.9. The maximum absolute atomic E-state index is 10.9. The van der Waals surface area contributed by atoms with Crippen LogP contribution in [0.5, 0.6) is 0 Å². The van der Waals surface area contributed by atoms with Gasteiger partial charge in [0.15, 0.2) is 5.13 Å². The third-order valence-corrected chi connectivity index (χ3v) is 4.40. The maximum Gasteiger partial charge on any atom is 0.321 e. The first-order chi connectivity index (χ1) is 7.47. The normalized spacial score (nSPS) is 19.2. The van der Waals surface area contributed by atoms with E-state index in [0.717, 1.165) is 22.9 Å². The average Bonchev–Trinajstić information content (AvgIpc) is 2.87. The number of carboxylic acid groups (broad SMARTS) is 1. The minimum absolute atomic E-state index is 0.363. The minimum Gasteiger partial charge on any atom is -0.480 e. The Balaban J connectivity index is 2.26. The maximum atomic E-state index is 10.9. The van der Waals surface area contributed by atoms with Crippen molar-refractivity contribution in [1.29, 1.82) is 0 Å². The quantitative estimate of drug-likeness (QED) is 0.809. The zero-order valence-electron chi connectivity index (χ0n) is 9.30. The summed E-state index contributed by atoms with van der Waals surface area (Å²) in [5.74, 6) is -0.933. The van der Waals surface area contributed by atoms with Crippen LogP contribution in [0, 0.1) is 0 Å². The van der Waals surface area contributed by atoms with E-state index in [2.05, 4.69) is 4.98 Å². The molecule has 0 radical (unpaired) electrons. The number of aliphatic carboxylic acids is 1. The number of thiazole rings is 1. The van der Waals surface area contributed by atoms with Gasteiger partial charge in [0.25, 0.3) is 0 Å². The van der Waals surface area contributed by atoms with Crippen molar-refractivity contribution < 1.29 is 9.90 Å². The summed E-state index contributed by atoms with van der Waals surface area (Å²) in [5, 5.41) is 9.87. The van der Waals surface area contributed by atoms with Gasteiger partial charge in [0, 0.05) is 30.6 Å². The van der Waals surface area contributed by atoms with Gasteiger partial charge in [-0.1, -0.05) is 0 Å². The largest absolute Gasteiger partial charge is 0.480 e. The van der Waals surface area contributed by atoms with Crippen LogP contribution in [-0.2, 0) is 10.2 Å². The summed E-state index contributed by atoms with van der Waals surface area (Å²) in [5.41, 5.74) is 5.38. The van der Waals surface area contributed by atoms with Crippen LogP contribution in [0.25, 0.3) is 0 Å². The van der Waals surface area contributed by atoms with Crippen molar-refractivity contribution in [1.82, 2.24) is 4.98 Å². The van der Waals surface area contributed by atoms with E-state index in [1.807, 2.05) is 19.0 Å². The highest BCUT2D eigenvalue weighted by Gasteiger charge is 2.53. The molecular formula is C10H15N3O2S. The number of carbonyl (C=O) groups is 1. The Morgan fingerprint density at radius 1 is 1.69 bits per heavy atom. The Morgan fingerprint density at radius 3 is 2.69 bits per heavy atom. The summed E-state index contributed by atoms with van der Waals surface area (Å²) in [7, 11) is 3.83. The van der Waals surface area contributed by atoms with Crippen LogP contribution < -0.4 is 10.6 Å². The summed E-state index contributed by atoms with van der Waals surface area (Å²) in [6.07, 6.45) is 3.45. The van der Waals surface area contributed by atoms with E-state index in [-0.39, 0.29) is 5.41 Å². The second kappa shape index (κ2) is 3.71. The minimum atomic E-state index is -0.933. The SMILES string of the molecule is CN(C)c1ncc(C2(C(N)C(=O)O)CC2)s1. The number of hydrogen-bond acceptors (Lipinski definition) is 5. The van der Waals surface area contributed by atoms with Crippen LogP contribution in [0.4, 0.5) is 5.13 Å². The van der Waals surface area contributed by atoms with Crippen molar-refractivity contribution in [3.05, 3.63) is 11.1 Å². The molecule has 5 nitrogen and oxygen atoms in total. The standard InChI is InChI=1S/C10H15N3O2S/c1-13(2)9-12-5-6(16-9)10(3-4-10)7(11)8(14)15/h5,7H,3-4,11H2,1-2H3,(H,14,15). The predicted molar refractivity (Wildman–Crippen MR) is 63.0 cm³/mol. The van der Waals surface area contributed by atoms with Gasteiger partial charge in [-0.3, -0.25) is 4.79 Å². The van der Waals surface area contributed by atoms with Gasteiger partial charge in [-0.15, -0.1) is 11.3 Å². The smallest absolute Gasteiger partial charge is 0.321 e. The fraction of sp³-hybridized carbons (Fsp3) is 0.600. The molecule has 0 aromatic carbocycles. The lowest BCUT2D eigenvalue weighted by Gasteiger charge is -2.17. The van der Waals surface area contributed by atoms with Gasteiger partial charge < -0.3 is 15.7 Å². The molecule has 88 valence electrons. The number of nitrogens with two attached hydrogens (primary N) is 1. The first kappa shape index (κ1) is 11.3. The van der Waals surface area contributed by atoms with Gasteiger partial charge in [0.1, 0.15) is 6.04 Å². The monoisotopic (exact) mass is 241 g/mol. The highest BCUT2D eigenvalue weighted by Crippen LogP contribution is 2.52. The Kier molecular flexibility index (Phi) is 2.63. The van der Waals surface area contributed by atoms with Crippen molar-refractivity contribution in [3.8, 4) is 0 Å². The van der Waals surface area contributed by atoms with E-state index in [1.54, 1.807) is 6.20 Å². The number of anilines is 1. The molecule has 0 amide bonds. The van der Waals surface area contributed by atoms with E-state index >= 15 is 0 Å². The van der Waals surface area contributed by atoms with Crippen molar-refractivity contribution >= 4 is 22.4 Å². The summed E-state index contributed by atoms with van der Waals surface area (Å²) in [4.78, 5) is 18.1. The molecule has 0 spiro atoms. The van der Waals surface area contributed by atoms with Crippen LogP contribution in [0.3, 0.4) is 0 Å². The molecule has 1 aliphatic carbocycles. The van der Waals surface area contributed by atoms with Crippen LogP contribution in [0.1, 0.15) is 17.7 Å². The first-order valence-electron chi connectivity index (χ1n) is 5.09. The Bertz CT molecular complexity index is 412. The molecule has 1 aromatic rings. The second-order valence-corrected chi connectivity index (χ2v) is 5.38. The number of nitrogens with zero attached hydrogens (tertiary/aromatic N) is 2. The molecular weight excluding hydrogens is 226 g/mol. The lowest BCUT2D eigenvalue weighted by Crippen LogP contribution is -2.41. The van der Waals surface area contributed by atoms with Crippen LogP contribution in [0.2, 0.25) is 0 Å². The molecule has 2 rings (SSSR count). The summed E-state index contributed by atoms with van der Waals surface area (Å²) in [6.45, 7) is 0. The van der Waals surface area contributed by atoms with E-state index in [9.17, 15) is 4.79 Å².